The molecule has 5 rings (SSSR count). The minimum absolute atomic E-state index is 0.943. The fourth-order valence-electron chi connectivity index (χ4n) is 5.24. The molecule has 4 saturated carbocycles. The van der Waals surface area contributed by atoms with E-state index in [1.165, 1.54) is 12.0 Å². The number of hydrogen-bond acceptors (Lipinski definition) is 0. The second-order valence-electron chi connectivity index (χ2n) is 6.93. The molecule has 4 fully saturated rings. The number of rotatable bonds is 3. The lowest BCUT2D eigenvalue weighted by atomic mass is 9.51. The monoisotopic (exact) mass is 239 g/mol. The van der Waals surface area contributed by atoms with Crippen molar-refractivity contribution in [2.45, 2.75) is 38.5 Å². The van der Waals surface area contributed by atoms with Crippen molar-refractivity contribution in [2.24, 2.45) is 29.6 Å². The fourth-order valence-corrected chi connectivity index (χ4v) is 5.24. The summed E-state index contributed by atoms with van der Waals surface area (Å²) in [4.78, 5) is 0. The van der Waals surface area contributed by atoms with Crippen LogP contribution in [0.3, 0.4) is 0 Å². The van der Waals surface area contributed by atoms with Crippen LogP contribution in [0.4, 0.5) is 0 Å². The second-order valence-corrected chi connectivity index (χ2v) is 6.93. The van der Waals surface area contributed by atoms with Crippen molar-refractivity contribution in [1.29, 1.82) is 0 Å². The van der Waals surface area contributed by atoms with Crippen molar-refractivity contribution < 1.29 is 0 Å². The van der Waals surface area contributed by atoms with Gasteiger partial charge in [0.25, 0.3) is 0 Å². The van der Waals surface area contributed by atoms with Crippen LogP contribution in [0.25, 0.3) is 0 Å². The molecular formula is C18H23. The minimum Gasteiger partial charge on any atom is -0.0622 e. The van der Waals surface area contributed by atoms with Crippen LogP contribution >= 0.6 is 0 Å². The first-order valence-corrected chi connectivity index (χ1v) is 7.75. The average molecular weight is 239 g/mol. The predicted molar refractivity (Wildman–Crippen MR) is 75.0 cm³/mol. The van der Waals surface area contributed by atoms with Gasteiger partial charge in [-0.3, -0.25) is 0 Å². The van der Waals surface area contributed by atoms with E-state index in [1.807, 2.05) is 0 Å². The van der Waals surface area contributed by atoms with Gasteiger partial charge < -0.3 is 0 Å². The highest BCUT2D eigenvalue weighted by atomic mass is 14.5. The van der Waals surface area contributed by atoms with Gasteiger partial charge in [-0.2, -0.15) is 0 Å². The van der Waals surface area contributed by atoms with E-state index in [4.69, 9.17) is 0 Å². The third kappa shape index (κ3) is 1.90. The molecule has 0 heteroatoms. The molecule has 0 spiro atoms. The molecule has 0 aromatic heterocycles. The Bertz CT molecular complexity index is 377. The van der Waals surface area contributed by atoms with Gasteiger partial charge in [-0.25, -0.2) is 0 Å². The summed E-state index contributed by atoms with van der Waals surface area (Å²) in [6, 6.07) is 11.0. The van der Waals surface area contributed by atoms with Gasteiger partial charge in [0.15, 0.2) is 0 Å². The topological polar surface area (TPSA) is 0 Å². The zero-order chi connectivity index (χ0) is 11.9. The van der Waals surface area contributed by atoms with E-state index in [9.17, 15) is 0 Å². The van der Waals surface area contributed by atoms with E-state index >= 15 is 0 Å². The number of hydrogen-bond donors (Lipinski definition) is 0. The van der Waals surface area contributed by atoms with E-state index in [0.29, 0.717) is 0 Å². The van der Waals surface area contributed by atoms with E-state index < -0.39 is 0 Å². The van der Waals surface area contributed by atoms with E-state index in [2.05, 4.69) is 36.8 Å². The maximum Gasteiger partial charge on any atom is -0.0245 e. The van der Waals surface area contributed by atoms with Gasteiger partial charge in [0.1, 0.15) is 0 Å². The summed E-state index contributed by atoms with van der Waals surface area (Å²) in [6.45, 7) is 0. The van der Waals surface area contributed by atoms with Gasteiger partial charge in [-0.1, -0.05) is 30.3 Å². The molecule has 1 aromatic carbocycles. The second kappa shape index (κ2) is 4.40. The van der Waals surface area contributed by atoms with E-state index in [1.54, 1.807) is 32.1 Å². The Morgan fingerprint density at radius 3 is 2.06 bits per heavy atom. The van der Waals surface area contributed by atoms with Crippen LogP contribution in [-0.2, 0) is 6.42 Å². The predicted octanol–water partition coefficient (Wildman–Crippen LogP) is 4.51. The molecule has 0 aliphatic heterocycles. The molecule has 4 aliphatic carbocycles. The Labute approximate surface area is 111 Å². The first-order valence-electron chi connectivity index (χ1n) is 7.75. The number of benzene rings is 1. The molecule has 0 heterocycles. The summed E-state index contributed by atoms with van der Waals surface area (Å²) >= 11 is 0. The normalized spacial score (nSPS) is 41.2. The molecule has 0 nitrogen and oxygen atoms in total. The van der Waals surface area contributed by atoms with Crippen LogP contribution in [0.15, 0.2) is 30.3 Å². The maximum absolute atomic E-state index is 2.67. The van der Waals surface area contributed by atoms with E-state index in [-0.39, 0.29) is 0 Å². The van der Waals surface area contributed by atoms with Crippen molar-refractivity contribution in [3.05, 3.63) is 42.3 Å². The van der Waals surface area contributed by atoms with Crippen LogP contribution in [-0.4, -0.2) is 0 Å². The van der Waals surface area contributed by atoms with Crippen molar-refractivity contribution in [1.82, 2.24) is 0 Å². The third-order valence-corrected chi connectivity index (χ3v) is 5.77. The molecule has 95 valence electrons. The standard InChI is InChI=1S/C18H23/c1-2-4-13(5-3-1)6-7-18-16-9-14-8-15(11-16)12-17(18)10-14/h1-5,7,14-18H,6,8-12H2. The molecule has 0 atom stereocenters. The SMILES string of the molecule is [CH](Cc1ccccc1)C1C2CC3CC(C2)CC1C3. The molecule has 18 heavy (non-hydrogen) atoms. The van der Waals surface area contributed by atoms with E-state index in [0.717, 1.165) is 29.6 Å². The Balaban J connectivity index is 1.43. The summed E-state index contributed by atoms with van der Waals surface area (Å²) in [6.07, 6.45) is 11.6. The van der Waals surface area contributed by atoms with Crippen LogP contribution < -0.4 is 0 Å². The zero-order valence-electron chi connectivity index (χ0n) is 11.1. The first kappa shape index (κ1) is 11.1. The van der Waals surface area contributed by atoms with Gasteiger partial charge >= 0.3 is 0 Å². The maximum atomic E-state index is 2.67. The van der Waals surface area contributed by atoms with Gasteiger partial charge in [0.05, 0.1) is 0 Å². The molecule has 1 aromatic rings. The van der Waals surface area contributed by atoms with Crippen LogP contribution in [0.2, 0.25) is 0 Å². The smallest absolute Gasteiger partial charge is 0.0245 e. The molecule has 0 unspecified atom stereocenters. The lowest BCUT2D eigenvalue weighted by molar-refractivity contribution is -0.0232. The Morgan fingerprint density at radius 2 is 1.44 bits per heavy atom. The Morgan fingerprint density at radius 1 is 0.833 bits per heavy atom. The Kier molecular flexibility index (Phi) is 2.71. The van der Waals surface area contributed by atoms with Gasteiger partial charge in [-0.05, 0) is 80.1 Å². The molecule has 4 aliphatic rings. The summed E-state index contributed by atoms with van der Waals surface area (Å²) < 4.78 is 0. The Hall–Kier alpha value is -0.780. The minimum atomic E-state index is 0.943. The van der Waals surface area contributed by atoms with Crippen molar-refractivity contribution in [3.8, 4) is 0 Å². The van der Waals surface area contributed by atoms with Crippen LogP contribution in [0, 0.1) is 36.0 Å². The molecule has 1 radical (unpaired) electrons. The molecule has 0 amide bonds. The van der Waals surface area contributed by atoms with Gasteiger partial charge in [0.2, 0.25) is 0 Å². The third-order valence-electron chi connectivity index (χ3n) is 5.77. The van der Waals surface area contributed by atoms with Crippen molar-refractivity contribution in [2.75, 3.05) is 0 Å². The first-order chi connectivity index (χ1) is 8.88. The highest BCUT2D eigenvalue weighted by Gasteiger charge is 2.47. The van der Waals surface area contributed by atoms with Crippen molar-refractivity contribution in [3.63, 3.8) is 0 Å². The molecule has 4 bridgehead atoms. The zero-order valence-corrected chi connectivity index (χ0v) is 11.1. The summed E-state index contributed by atoms with van der Waals surface area (Å²) in [5.41, 5.74) is 1.49. The summed E-state index contributed by atoms with van der Waals surface area (Å²) in [7, 11) is 0. The molecule has 0 N–H and O–H groups in total. The van der Waals surface area contributed by atoms with Crippen molar-refractivity contribution >= 4 is 0 Å². The van der Waals surface area contributed by atoms with Crippen LogP contribution in [0.5, 0.6) is 0 Å². The highest BCUT2D eigenvalue weighted by molar-refractivity contribution is 5.17. The summed E-state index contributed by atoms with van der Waals surface area (Å²) in [5, 5.41) is 0. The highest BCUT2D eigenvalue weighted by Crippen LogP contribution is 2.57. The lowest BCUT2D eigenvalue weighted by Crippen LogP contribution is -2.45. The average Bonchev–Trinajstić information content (AvgIpc) is 2.38. The van der Waals surface area contributed by atoms with Crippen LogP contribution in [0.1, 0.15) is 37.7 Å². The molecular weight excluding hydrogens is 216 g/mol. The summed E-state index contributed by atoms with van der Waals surface area (Å²) in [5.74, 6) is 5.25. The lowest BCUT2D eigenvalue weighted by Gasteiger charge is -2.54. The molecule has 0 saturated heterocycles. The largest absolute Gasteiger partial charge is 0.0622 e. The quantitative estimate of drug-likeness (QED) is 0.728. The van der Waals surface area contributed by atoms with Gasteiger partial charge in [-0.15, -0.1) is 0 Å². The fraction of sp³-hybridized carbons (Fsp3) is 0.611. The van der Waals surface area contributed by atoms with Gasteiger partial charge in [0, 0.05) is 0 Å².